The van der Waals surface area contributed by atoms with E-state index < -0.39 is 5.91 Å². The molecule has 0 spiro atoms. The number of phenols is 1. The molecular weight excluding hydrogens is 416 g/mol. The van der Waals surface area contributed by atoms with Crippen molar-refractivity contribution in [2.24, 2.45) is 5.10 Å². The van der Waals surface area contributed by atoms with Crippen molar-refractivity contribution in [2.75, 3.05) is 7.11 Å². The van der Waals surface area contributed by atoms with E-state index in [1.54, 1.807) is 19.4 Å². The number of methoxy groups -OCH3 is 1. The third-order valence-electron chi connectivity index (χ3n) is 5.34. The van der Waals surface area contributed by atoms with Crippen molar-refractivity contribution in [2.45, 2.75) is 52.4 Å². The van der Waals surface area contributed by atoms with Crippen LogP contribution in [0.25, 0.3) is 11.3 Å². The van der Waals surface area contributed by atoms with Crippen LogP contribution < -0.4 is 10.2 Å². The topological polar surface area (TPSA) is 99.6 Å². The number of nitrogens with zero attached hydrogens (tertiary/aromatic N) is 2. The van der Waals surface area contributed by atoms with Crippen molar-refractivity contribution in [1.82, 2.24) is 15.6 Å². The van der Waals surface area contributed by atoms with Gasteiger partial charge >= 0.3 is 0 Å². The summed E-state index contributed by atoms with van der Waals surface area (Å²) in [5.74, 6) is 0.657. The number of phenolic OH excluding ortho intramolecular Hbond substituents is 1. The number of aromatic amines is 1. The second-order valence-electron chi connectivity index (χ2n) is 10.1. The number of hydrazone groups is 1. The molecule has 0 unspecified atom stereocenters. The predicted molar refractivity (Wildman–Crippen MR) is 131 cm³/mol. The molecule has 0 aliphatic rings. The molecule has 3 N–H and O–H groups in total. The van der Waals surface area contributed by atoms with Gasteiger partial charge in [0.1, 0.15) is 17.2 Å². The first-order valence-electron chi connectivity index (χ1n) is 10.8. The highest BCUT2D eigenvalue weighted by atomic mass is 16.5. The van der Waals surface area contributed by atoms with E-state index in [9.17, 15) is 9.90 Å². The van der Waals surface area contributed by atoms with Gasteiger partial charge in [0.25, 0.3) is 5.91 Å². The molecule has 1 amide bonds. The molecule has 0 saturated heterocycles. The third-order valence-corrected chi connectivity index (χ3v) is 5.34. The Bertz CT molecular complexity index is 1130. The van der Waals surface area contributed by atoms with E-state index in [4.69, 9.17) is 4.74 Å². The second kappa shape index (κ2) is 9.10. The molecule has 0 radical (unpaired) electrons. The number of aromatic hydroxyl groups is 1. The van der Waals surface area contributed by atoms with Crippen LogP contribution in [0.1, 0.15) is 68.7 Å². The van der Waals surface area contributed by atoms with E-state index in [0.29, 0.717) is 17.1 Å². The maximum absolute atomic E-state index is 12.5. The summed E-state index contributed by atoms with van der Waals surface area (Å²) in [4.78, 5) is 12.5. The van der Waals surface area contributed by atoms with Gasteiger partial charge in [0, 0.05) is 16.7 Å². The lowest BCUT2D eigenvalue weighted by Crippen LogP contribution is -2.19. The maximum atomic E-state index is 12.5. The SMILES string of the molecule is COc1ccc(-c2cc(C(=O)N/N=C\c3cc(C(C)(C)C)c(O)c(C(C)(C)C)c3)[nH]n2)cc1. The molecule has 7 nitrogen and oxygen atoms in total. The van der Waals surface area contributed by atoms with Crippen molar-refractivity contribution in [3.8, 4) is 22.8 Å². The van der Waals surface area contributed by atoms with Gasteiger partial charge in [-0.3, -0.25) is 9.89 Å². The lowest BCUT2D eigenvalue weighted by atomic mass is 9.78. The van der Waals surface area contributed by atoms with E-state index in [1.807, 2.05) is 36.4 Å². The average molecular weight is 449 g/mol. The fourth-order valence-electron chi connectivity index (χ4n) is 3.45. The molecule has 3 rings (SSSR count). The Morgan fingerprint density at radius 2 is 1.61 bits per heavy atom. The van der Waals surface area contributed by atoms with Crippen LogP contribution >= 0.6 is 0 Å². The van der Waals surface area contributed by atoms with Crippen LogP contribution in [0.15, 0.2) is 47.6 Å². The van der Waals surface area contributed by atoms with Crippen LogP contribution in [0.3, 0.4) is 0 Å². The number of nitrogens with one attached hydrogen (secondary N) is 2. The van der Waals surface area contributed by atoms with E-state index in [2.05, 4.69) is 62.3 Å². The Balaban J connectivity index is 1.78. The highest BCUT2D eigenvalue weighted by molar-refractivity contribution is 5.94. The van der Waals surface area contributed by atoms with Crippen LogP contribution in [0.2, 0.25) is 0 Å². The zero-order valence-electron chi connectivity index (χ0n) is 20.3. The Morgan fingerprint density at radius 3 is 2.12 bits per heavy atom. The second-order valence-corrected chi connectivity index (χ2v) is 10.1. The number of aromatic nitrogens is 2. The standard InChI is InChI=1S/C26H32N4O3/c1-25(2,3)19-12-16(13-20(23(19)31)26(4,5)6)15-27-30-24(32)22-14-21(28-29-22)17-8-10-18(33-7)11-9-17/h8-15,31H,1-7H3,(H,28,29)(H,30,32)/b27-15-. The molecule has 2 aromatic carbocycles. The summed E-state index contributed by atoms with van der Waals surface area (Å²) < 4.78 is 5.17. The Hall–Kier alpha value is -3.61. The fourth-order valence-corrected chi connectivity index (χ4v) is 3.45. The van der Waals surface area contributed by atoms with Crippen molar-refractivity contribution in [1.29, 1.82) is 0 Å². The number of ether oxygens (including phenoxy) is 1. The van der Waals surface area contributed by atoms with Gasteiger partial charge in [0.2, 0.25) is 0 Å². The molecule has 0 aliphatic carbocycles. The number of amides is 1. The van der Waals surface area contributed by atoms with Gasteiger partial charge in [-0.1, -0.05) is 41.5 Å². The molecule has 0 fully saturated rings. The van der Waals surface area contributed by atoms with E-state index in [1.165, 1.54) is 0 Å². The highest BCUT2D eigenvalue weighted by Gasteiger charge is 2.26. The number of hydrogen-bond donors (Lipinski definition) is 3. The average Bonchev–Trinajstić information content (AvgIpc) is 3.23. The predicted octanol–water partition coefficient (Wildman–Crippen LogP) is 5.15. The van der Waals surface area contributed by atoms with Gasteiger partial charge in [-0.05, 0) is 58.9 Å². The third kappa shape index (κ3) is 5.61. The van der Waals surface area contributed by atoms with Crippen LogP contribution in [-0.2, 0) is 10.8 Å². The molecule has 1 heterocycles. The molecule has 7 heteroatoms. The smallest absolute Gasteiger partial charge is 0.289 e. The largest absolute Gasteiger partial charge is 0.507 e. The monoisotopic (exact) mass is 448 g/mol. The number of carbonyl (C=O) groups excluding carboxylic acids is 1. The molecule has 0 saturated carbocycles. The summed E-state index contributed by atoms with van der Waals surface area (Å²) in [6.07, 6.45) is 1.59. The number of rotatable bonds is 5. The zero-order valence-corrected chi connectivity index (χ0v) is 20.3. The van der Waals surface area contributed by atoms with E-state index in [-0.39, 0.29) is 10.8 Å². The number of H-pyrrole nitrogens is 1. The Kier molecular flexibility index (Phi) is 6.63. The highest BCUT2D eigenvalue weighted by Crippen LogP contribution is 2.39. The van der Waals surface area contributed by atoms with Gasteiger partial charge in [-0.15, -0.1) is 0 Å². The van der Waals surface area contributed by atoms with Crippen molar-refractivity contribution in [3.05, 3.63) is 64.8 Å². The van der Waals surface area contributed by atoms with Crippen molar-refractivity contribution in [3.63, 3.8) is 0 Å². The van der Waals surface area contributed by atoms with Gasteiger partial charge < -0.3 is 9.84 Å². The quantitative estimate of drug-likeness (QED) is 0.371. The summed E-state index contributed by atoms with van der Waals surface area (Å²) in [6.45, 7) is 12.3. The molecule has 0 atom stereocenters. The minimum Gasteiger partial charge on any atom is -0.507 e. The lowest BCUT2D eigenvalue weighted by Gasteiger charge is -2.27. The van der Waals surface area contributed by atoms with E-state index in [0.717, 1.165) is 28.0 Å². The van der Waals surface area contributed by atoms with Crippen molar-refractivity contribution >= 4 is 12.1 Å². The normalized spacial score (nSPS) is 12.2. The lowest BCUT2D eigenvalue weighted by molar-refractivity contribution is 0.0950. The molecule has 3 aromatic rings. The molecular formula is C26H32N4O3. The summed E-state index contributed by atoms with van der Waals surface area (Å²) >= 11 is 0. The summed E-state index contributed by atoms with van der Waals surface area (Å²) in [6, 6.07) is 12.9. The summed E-state index contributed by atoms with van der Waals surface area (Å²) in [7, 11) is 1.61. The first-order valence-corrected chi connectivity index (χ1v) is 10.8. The van der Waals surface area contributed by atoms with Crippen LogP contribution in [-0.4, -0.2) is 34.5 Å². The molecule has 1 aromatic heterocycles. The Morgan fingerprint density at radius 1 is 1.03 bits per heavy atom. The maximum Gasteiger partial charge on any atom is 0.289 e. The van der Waals surface area contributed by atoms with Crippen LogP contribution in [0.5, 0.6) is 11.5 Å². The molecule has 33 heavy (non-hydrogen) atoms. The minimum atomic E-state index is -0.399. The minimum absolute atomic E-state index is 0.245. The first kappa shape index (κ1) is 24.0. The first-order chi connectivity index (χ1) is 15.4. The van der Waals surface area contributed by atoms with Gasteiger partial charge in [0.15, 0.2) is 0 Å². The van der Waals surface area contributed by atoms with Crippen molar-refractivity contribution < 1.29 is 14.6 Å². The number of benzene rings is 2. The number of carbonyl (C=O) groups is 1. The summed E-state index contributed by atoms with van der Waals surface area (Å²) in [5, 5.41) is 21.9. The van der Waals surface area contributed by atoms with Gasteiger partial charge in [-0.25, -0.2) is 5.43 Å². The molecule has 0 bridgehead atoms. The van der Waals surface area contributed by atoms with E-state index >= 15 is 0 Å². The van der Waals surface area contributed by atoms with Gasteiger partial charge in [0.05, 0.1) is 19.0 Å². The number of hydrogen-bond acceptors (Lipinski definition) is 5. The zero-order chi connectivity index (χ0) is 24.4. The molecule has 0 aliphatic heterocycles. The van der Waals surface area contributed by atoms with Gasteiger partial charge in [-0.2, -0.15) is 10.2 Å². The fraction of sp³-hybridized carbons (Fsp3) is 0.346. The van der Waals surface area contributed by atoms with Crippen LogP contribution in [0, 0.1) is 0 Å². The summed E-state index contributed by atoms with van der Waals surface area (Å²) in [5.41, 5.74) is 6.33. The van der Waals surface area contributed by atoms with Crippen LogP contribution in [0.4, 0.5) is 0 Å². The Labute approximate surface area is 194 Å². The molecule has 174 valence electrons.